The Morgan fingerprint density at radius 2 is 1.75 bits per heavy atom. The van der Waals surface area contributed by atoms with Crippen LogP contribution in [0.4, 0.5) is 5.69 Å². The molecule has 0 bridgehead atoms. The van der Waals surface area contributed by atoms with Gasteiger partial charge in [-0.1, -0.05) is 45.0 Å². The van der Waals surface area contributed by atoms with Gasteiger partial charge in [0, 0.05) is 34.3 Å². The van der Waals surface area contributed by atoms with Gasteiger partial charge in [0.15, 0.2) is 0 Å². The summed E-state index contributed by atoms with van der Waals surface area (Å²) < 4.78 is 22.5. The number of pyridine rings is 1. The first-order valence-electron chi connectivity index (χ1n) is 12.0. The normalized spacial score (nSPS) is 11.2. The van der Waals surface area contributed by atoms with Crippen molar-refractivity contribution >= 4 is 30.3 Å². The molecule has 9 nitrogen and oxygen atoms in total. The van der Waals surface area contributed by atoms with Crippen LogP contribution >= 0.6 is 7.82 Å². The molecule has 1 aromatic heterocycles. The van der Waals surface area contributed by atoms with Crippen LogP contribution < -0.4 is 79.1 Å². The Bertz CT molecular complexity index is 1640. The second-order valence-electron chi connectivity index (χ2n) is 9.72. The van der Waals surface area contributed by atoms with Crippen molar-refractivity contribution < 1.29 is 90.4 Å². The van der Waals surface area contributed by atoms with Crippen LogP contribution in [0.5, 0.6) is 11.5 Å². The number of para-hydroxylation sites is 1. The molecule has 40 heavy (non-hydrogen) atoms. The van der Waals surface area contributed by atoms with Gasteiger partial charge in [0.05, 0.1) is 12.3 Å². The molecule has 0 unspecified atom stereocenters. The van der Waals surface area contributed by atoms with Crippen LogP contribution in [0.1, 0.15) is 46.5 Å². The largest absolute Gasteiger partial charge is 1.00 e. The fourth-order valence-corrected chi connectivity index (χ4v) is 4.57. The summed E-state index contributed by atoms with van der Waals surface area (Å²) in [6.07, 6.45) is 1.34. The van der Waals surface area contributed by atoms with E-state index in [0.717, 1.165) is 0 Å². The minimum atomic E-state index is -4.92. The number of aromatic nitrogens is 1. The number of aromatic amines is 1. The summed E-state index contributed by atoms with van der Waals surface area (Å²) in [5, 5.41) is 3.11. The quantitative estimate of drug-likeness (QED) is 0.175. The number of phosphoric ester groups is 1. The zero-order chi connectivity index (χ0) is 27.7. The molecular formula is C28H31N2Na2O7P. The average Bonchev–Trinajstić information content (AvgIpc) is 2.83. The zero-order valence-electron chi connectivity index (χ0n) is 25.4. The summed E-state index contributed by atoms with van der Waals surface area (Å²) in [6, 6.07) is 17.2. The number of H-pyrrole nitrogens is 1. The molecule has 0 fully saturated rings. The van der Waals surface area contributed by atoms with E-state index in [4.69, 9.17) is 9.26 Å². The van der Waals surface area contributed by atoms with E-state index in [-0.39, 0.29) is 79.0 Å². The molecule has 4 rings (SSSR count). The van der Waals surface area contributed by atoms with Crippen LogP contribution in [-0.4, -0.2) is 27.3 Å². The molecule has 1 heterocycles. The predicted molar refractivity (Wildman–Crippen MR) is 149 cm³/mol. The number of carbonyl (C=O) groups excluding carboxylic acids is 1. The number of amides is 1. The van der Waals surface area contributed by atoms with Gasteiger partial charge in [-0.05, 0) is 48.2 Å². The van der Waals surface area contributed by atoms with Crippen LogP contribution in [0.25, 0.3) is 22.0 Å². The minimum absolute atomic E-state index is 0. The SMILES string of the molecule is CCOc1cccc(-c2cc(C(C)(C)C)c(OP(=O)(O)O)cc2NC(=O)c2c[nH]c3ccccc3c2=O)c1.[H-].[H-].[Na+].[Na+]. The van der Waals surface area contributed by atoms with Crippen LogP contribution in [-0.2, 0) is 9.98 Å². The maximum absolute atomic E-state index is 13.4. The number of carbonyl (C=O) groups is 1. The monoisotopic (exact) mass is 584 g/mol. The third kappa shape index (κ3) is 8.10. The van der Waals surface area contributed by atoms with Crippen LogP contribution in [0, 0.1) is 0 Å². The molecule has 0 radical (unpaired) electrons. The van der Waals surface area contributed by atoms with Gasteiger partial charge in [-0.2, -0.15) is 0 Å². The van der Waals surface area contributed by atoms with E-state index >= 15 is 0 Å². The smallest absolute Gasteiger partial charge is 1.00 e. The van der Waals surface area contributed by atoms with Gasteiger partial charge >= 0.3 is 66.9 Å². The van der Waals surface area contributed by atoms with E-state index in [1.165, 1.54) is 12.3 Å². The molecule has 4 N–H and O–H groups in total. The maximum Gasteiger partial charge on any atom is 1.00 e. The molecule has 0 saturated carbocycles. The second kappa shape index (κ2) is 13.8. The molecule has 0 saturated heterocycles. The van der Waals surface area contributed by atoms with Crippen molar-refractivity contribution in [3.8, 4) is 22.6 Å². The molecule has 0 atom stereocenters. The molecule has 3 aromatic carbocycles. The number of hydrogen-bond donors (Lipinski definition) is 4. The molecule has 1 amide bonds. The van der Waals surface area contributed by atoms with Crippen molar-refractivity contribution in [3.05, 3.63) is 88.2 Å². The van der Waals surface area contributed by atoms with Gasteiger partial charge in [0.2, 0.25) is 5.43 Å². The molecular weight excluding hydrogens is 553 g/mol. The molecule has 0 aliphatic rings. The third-order valence-electron chi connectivity index (χ3n) is 5.88. The number of anilines is 1. The predicted octanol–water partition coefficient (Wildman–Crippen LogP) is -0.152. The Kier molecular flexibility index (Phi) is 11.9. The summed E-state index contributed by atoms with van der Waals surface area (Å²) in [6.45, 7) is 7.96. The van der Waals surface area contributed by atoms with Crippen LogP contribution in [0.3, 0.4) is 0 Å². The molecule has 4 aromatic rings. The van der Waals surface area contributed by atoms with E-state index in [1.807, 2.05) is 33.8 Å². The van der Waals surface area contributed by atoms with Crippen molar-refractivity contribution in [1.29, 1.82) is 0 Å². The zero-order valence-corrected chi connectivity index (χ0v) is 28.3. The first-order chi connectivity index (χ1) is 17.9. The maximum atomic E-state index is 13.4. The summed E-state index contributed by atoms with van der Waals surface area (Å²) in [4.78, 5) is 48.5. The van der Waals surface area contributed by atoms with Crippen LogP contribution in [0.2, 0.25) is 0 Å². The Morgan fingerprint density at radius 1 is 1.05 bits per heavy atom. The number of phosphoric acid groups is 1. The molecule has 12 heteroatoms. The number of nitrogens with one attached hydrogen (secondary N) is 2. The number of ether oxygens (including phenoxy) is 1. The fourth-order valence-electron chi connectivity index (χ4n) is 4.16. The van der Waals surface area contributed by atoms with Crippen molar-refractivity contribution in [1.82, 2.24) is 4.98 Å². The fraction of sp³-hybridized carbons (Fsp3) is 0.214. The first kappa shape index (κ1) is 34.3. The topological polar surface area (TPSA) is 138 Å². The van der Waals surface area contributed by atoms with Gasteiger partial charge in [-0.15, -0.1) is 0 Å². The number of fused-ring (bicyclic) bond motifs is 1. The van der Waals surface area contributed by atoms with Crippen LogP contribution in [0.15, 0.2) is 71.7 Å². The Balaban J connectivity index is 0.00000420. The van der Waals surface area contributed by atoms with Gasteiger partial charge in [-0.3, -0.25) is 19.4 Å². The molecule has 0 spiro atoms. The molecule has 202 valence electrons. The minimum Gasteiger partial charge on any atom is -1.00 e. The van der Waals surface area contributed by atoms with E-state index in [9.17, 15) is 23.9 Å². The van der Waals surface area contributed by atoms with Crippen molar-refractivity contribution in [2.24, 2.45) is 0 Å². The van der Waals surface area contributed by atoms with Crippen molar-refractivity contribution in [3.63, 3.8) is 0 Å². The summed E-state index contributed by atoms with van der Waals surface area (Å²) in [7, 11) is -4.92. The van der Waals surface area contributed by atoms with Gasteiger partial charge < -0.3 is 22.4 Å². The molecule has 0 aliphatic heterocycles. The summed E-state index contributed by atoms with van der Waals surface area (Å²) >= 11 is 0. The Morgan fingerprint density at radius 3 is 2.40 bits per heavy atom. The Hall–Kier alpha value is -1.91. The average molecular weight is 585 g/mol. The summed E-state index contributed by atoms with van der Waals surface area (Å²) in [5.74, 6) is -0.163. The summed E-state index contributed by atoms with van der Waals surface area (Å²) in [5.41, 5.74) is 1.41. The number of rotatable bonds is 7. The standard InChI is InChI=1S/C28H29N2O7P.2Na.2H/c1-5-36-18-10-8-9-17(13-18)20-14-22(28(2,3)4)25(37-38(33,34)35)15-24(20)30-27(32)21-16-29-23-12-7-6-11-19(23)26(21)31;;;;/h6-16H,5H2,1-4H3,(H,29,31)(H,30,32)(H2,33,34,35);;;;/q;2*+1;2*-1. The van der Waals surface area contributed by atoms with E-state index in [0.29, 0.717) is 39.9 Å². The second-order valence-corrected chi connectivity index (χ2v) is 10.9. The van der Waals surface area contributed by atoms with Gasteiger partial charge in [-0.25, -0.2) is 4.57 Å². The Labute approximate surface area is 279 Å². The van der Waals surface area contributed by atoms with Crippen molar-refractivity contribution in [2.75, 3.05) is 11.9 Å². The first-order valence-corrected chi connectivity index (χ1v) is 13.5. The number of benzene rings is 3. The third-order valence-corrected chi connectivity index (χ3v) is 6.32. The number of hydrogen-bond acceptors (Lipinski definition) is 5. The van der Waals surface area contributed by atoms with Gasteiger partial charge in [0.25, 0.3) is 5.91 Å². The van der Waals surface area contributed by atoms with E-state index < -0.39 is 24.6 Å². The van der Waals surface area contributed by atoms with E-state index in [1.54, 1.807) is 48.5 Å². The molecule has 0 aliphatic carbocycles. The van der Waals surface area contributed by atoms with Gasteiger partial charge in [0.1, 0.15) is 17.1 Å². The van der Waals surface area contributed by atoms with E-state index in [2.05, 4.69) is 10.3 Å². The van der Waals surface area contributed by atoms with Crippen molar-refractivity contribution in [2.45, 2.75) is 33.1 Å².